The standard InChI is InChI=1S/C20H34N4OS.HI/c1-5-26(25)19-8-6-7-18(13-19)23-20(21-2)22-14-16-9-11-17(12-10-16)15-24(3)4;/h9-12,18-19H,5-8,13-15H2,1-4H3,(H2,21,22,23);1H. The zero-order valence-corrected chi connectivity index (χ0v) is 20.2. The van der Waals surface area contributed by atoms with Gasteiger partial charge in [-0.1, -0.05) is 37.6 Å². The highest BCUT2D eigenvalue weighted by atomic mass is 127. The molecule has 2 rings (SSSR count). The molecule has 3 atom stereocenters. The molecule has 1 aliphatic rings. The third-order valence-electron chi connectivity index (χ3n) is 4.83. The van der Waals surface area contributed by atoms with E-state index in [9.17, 15) is 4.21 Å². The molecule has 1 aromatic rings. The van der Waals surface area contributed by atoms with Crippen molar-refractivity contribution in [3.8, 4) is 0 Å². The summed E-state index contributed by atoms with van der Waals surface area (Å²) >= 11 is 0. The van der Waals surface area contributed by atoms with Gasteiger partial charge in [0, 0.05) is 48.0 Å². The van der Waals surface area contributed by atoms with E-state index in [4.69, 9.17) is 0 Å². The van der Waals surface area contributed by atoms with Crippen LogP contribution >= 0.6 is 24.0 Å². The predicted molar refractivity (Wildman–Crippen MR) is 127 cm³/mol. The normalized spacial score (nSPS) is 21.4. The molecule has 27 heavy (non-hydrogen) atoms. The summed E-state index contributed by atoms with van der Waals surface area (Å²) in [5.41, 5.74) is 2.56. The Balaban J connectivity index is 0.00000364. The van der Waals surface area contributed by atoms with Crippen LogP contribution in [0.4, 0.5) is 0 Å². The van der Waals surface area contributed by atoms with Gasteiger partial charge in [-0.05, 0) is 44.5 Å². The zero-order chi connectivity index (χ0) is 18.9. The lowest BCUT2D eigenvalue weighted by atomic mass is 9.95. The van der Waals surface area contributed by atoms with E-state index in [1.54, 1.807) is 7.05 Å². The first-order chi connectivity index (χ1) is 12.5. The van der Waals surface area contributed by atoms with Crippen LogP contribution in [0.1, 0.15) is 43.7 Å². The number of rotatable bonds is 7. The van der Waals surface area contributed by atoms with Crippen LogP contribution in [0.2, 0.25) is 0 Å². The van der Waals surface area contributed by atoms with Gasteiger partial charge in [-0.25, -0.2) is 0 Å². The van der Waals surface area contributed by atoms with Gasteiger partial charge >= 0.3 is 0 Å². The largest absolute Gasteiger partial charge is 0.354 e. The van der Waals surface area contributed by atoms with Crippen molar-refractivity contribution in [2.75, 3.05) is 26.9 Å². The monoisotopic (exact) mass is 506 g/mol. The summed E-state index contributed by atoms with van der Waals surface area (Å²) in [7, 11) is 5.27. The molecule has 0 saturated heterocycles. The highest BCUT2D eigenvalue weighted by Gasteiger charge is 2.25. The molecule has 2 N–H and O–H groups in total. The van der Waals surface area contributed by atoms with Gasteiger partial charge in [0.25, 0.3) is 0 Å². The van der Waals surface area contributed by atoms with Gasteiger partial charge in [-0.2, -0.15) is 0 Å². The Bertz CT molecular complexity index is 607. The number of nitrogens with one attached hydrogen (secondary N) is 2. The lowest BCUT2D eigenvalue weighted by molar-refractivity contribution is 0.402. The van der Waals surface area contributed by atoms with Gasteiger partial charge < -0.3 is 15.5 Å². The Morgan fingerprint density at radius 2 is 1.89 bits per heavy atom. The zero-order valence-electron chi connectivity index (χ0n) is 17.0. The average Bonchev–Trinajstić information content (AvgIpc) is 2.65. The number of hydrogen-bond acceptors (Lipinski definition) is 3. The summed E-state index contributed by atoms with van der Waals surface area (Å²) in [5, 5.41) is 7.25. The third kappa shape index (κ3) is 8.48. The van der Waals surface area contributed by atoms with Crippen molar-refractivity contribution in [3.63, 3.8) is 0 Å². The lowest BCUT2D eigenvalue weighted by Crippen LogP contribution is -2.46. The topological polar surface area (TPSA) is 56.7 Å². The second-order valence-corrected chi connectivity index (χ2v) is 9.28. The van der Waals surface area contributed by atoms with Crippen LogP contribution in [0.3, 0.4) is 0 Å². The van der Waals surface area contributed by atoms with Crippen molar-refractivity contribution in [1.29, 1.82) is 0 Å². The van der Waals surface area contributed by atoms with Gasteiger partial charge in [0.1, 0.15) is 0 Å². The quantitative estimate of drug-likeness (QED) is 0.339. The fourth-order valence-electron chi connectivity index (χ4n) is 3.45. The Labute approximate surface area is 184 Å². The molecule has 0 aliphatic heterocycles. The Morgan fingerprint density at radius 1 is 1.22 bits per heavy atom. The van der Waals surface area contributed by atoms with Crippen molar-refractivity contribution in [3.05, 3.63) is 35.4 Å². The molecule has 154 valence electrons. The van der Waals surface area contributed by atoms with Gasteiger partial charge in [0.15, 0.2) is 5.96 Å². The molecule has 0 amide bonds. The van der Waals surface area contributed by atoms with E-state index >= 15 is 0 Å². The Morgan fingerprint density at radius 3 is 2.48 bits per heavy atom. The van der Waals surface area contributed by atoms with Crippen molar-refractivity contribution in [1.82, 2.24) is 15.5 Å². The highest BCUT2D eigenvalue weighted by molar-refractivity contribution is 14.0. The van der Waals surface area contributed by atoms with Crippen LogP contribution in [0.15, 0.2) is 29.3 Å². The number of benzene rings is 1. The fourth-order valence-corrected chi connectivity index (χ4v) is 4.80. The average molecular weight is 506 g/mol. The minimum absolute atomic E-state index is 0. The van der Waals surface area contributed by atoms with E-state index in [2.05, 4.69) is 58.9 Å². The Kier molecular flexibility index (Phi) is 11.5. The van der Waals surface area contributed by atoms with Gasteiger partial charge in [0.2, 0.25) is 0 Å². The van der Waals surface area contributed by atoms with E-state index in [1.165, 1.54) is 11.1 Å². The molecule has 7 heteroatoms. The van der Waals surface area contributed by atoms with Gasteiger partial charge in [0.05, 0.1) is 0 Å². The summed E-state index contributed by atoms with van der Waals surface area (Å²) in [5.74, 6) is 1.59. The summed E-state index contributed by atoms with van der Waals surface area (Å²) in [4.78, 5) is 6.52. The van der Waals surface area contributed by atoms with Crippen molar-refractivity contribution in [2.45, 2.75) is 57.0 Å². The summed E-state index contributed by atoms with van der Waals surface area (Å²) < 4.78 is 12.1. The maximum atomic E-state index is 12.1. The molecule has 0 radical (unpaired) electrons. The lowest BCUT2D eigenvalue weighted by Gasteiger charge is -2.30. The van der Waals surface area contributed by atoms with E-state index in [1.807, 2.05) is 6.92 Å². The predicted octanol–water partition coefficient (Wildman–Crippen LogP) is 3.11. The number of hydrogen-bond donors (Lipinski definition) is 2. The van der Waals surface area contributed by atoms with E-state index in [0.717, 1.165) is 50.5 Å². The van der Waals surface area contributed by atoms with Crippen molar-refractivity contribution in [2.24, 2.45) is 4.99 Å². The second-order valence-electron chi connectivity index (χ2n) is 7.28. The summed E-state index contributed by atoms with van der Waals surface area (Å²) in [6.07, 6.45) is 4.32. The number of nitrogens with zero attached hydrogens (tertiary/aromatic N) is 2. The molecule has 1 saturated carbocycles. The van der Waals surface area contributed by atoms with Crippen molar-refractivity contribution < 1.29 is 4.21 Å². The minimum Gasteiger partial charge on any atom is -0.354 e. The minimum atomic E-state index is -0.695. The smallest absolute Gasteiger partial charge is 0.191 e. The van der Waals surface area contributed by atoms with Gasteiger partial charge in [-0.15, -0.1) is 24.0 Å². The van der Waals surface area contributed by atoms with Gasteiger partial charge in [-0.3, -0.25) is 9.20 Å². The van der Waals surface area contributed by atoms with Crippen LogP contribution < -0.4 is 10.6 Å². The first-order valence-electron chi connectivity index (χ1n) is 9.58. The first kappa shape index (κ1) is 24.4. The first-order valence-corrected chi connectivity index (χ1v) is 11.0. The molecule has 5 nitrogen and oxygen atoms in total. The SMILES string of the molecule is CCS(=O)C1CCCC(NC(=NC)NCc2ccc(CN(C)C)cc2)C1.I. The van der Waals surface area contributed by atoms with Crippen molar-refractivity contribution >= 4 is 40.7 Å². The highest BCUT2D eigenvalue weighted by Crippen LogP contribution is 2.23. The van der Waals surface area contributed by atoms with Crippen LogP contribution in [0.5, 0.6) is 0 Å². The molecule has 1 fully saturated rings. The van der Waals surface area contributed by atoms with E-state index in [0.29, 0.717) is 11.3 Å². The van der Waals surface area contributed by atoms with Crippen LogP contribution in [0, 0.1) is 0 Å². The Hall–Kier alpha value is -0.670. The molecule has 3 unspecified atom stereocenters. The van der Waals surface area contributed by atoms with E-state index < -0.39 is 10.8 Å². The fraction of sp³-hybridized carbons (Fsp3) is 0.650. The van der Waals surface area contributed by atoms with Crippen LogP contribution in [-0.4, -0.2) is 53.3 Å². The van der Waals surface area contributed by atoms with E-state index in [-0.39, 0.29) is 24.0 Å². The molecule has 1 aromatic carbocycles. The molecule has 0 aromatic heterocycles. The summed E-state index contributed by atoms with van der Waals surface area (Å²) in [6, 6.07) is 9.05. The molecule has 0 heterocycles. The maximum Gasteiger partial charge on any atom is 0.191 e. The number of guanidine groups is 1. The van der Waals surface area contributed by atoms with Crippen LogP contribution in [0.25, 0.3) is 0 Å². The molecule has 1 aliphatic carbocycles. The molecule has 0 spiro atoms. The second kappa shape index (κ2) is 12.7. The number of halogens is 1. The third-order valence-corrected chi connectivity index (χ3v) is 6.57. The van der Waals surface area contributed by atoms with Crippen LogP contribution in [-0.2, 0) is 23.9 Å². The number of aliphatic imine (C=N–C) groups is 1. The molecule has 0 bridgehead atoms. The maximum absolute atomic E-state index is 12.1. The summed E-state index contributed by atoms with van der Waals surface area (Å²) in [6.45, 7) is 3.72. The molecular formula is C20H35IN4OS. The molecular weight excluding hydrogens is 471 g/mol.